The Morgan fingerprint density at radius 3 is 2.34 bits per heavy atom. The number of aliphatic hydroxyl groups excluding tert-OH is 1. The van der Waals surface area contributed by atoms with Crippen molar-refractivity contribution < 1.29 is 27.8 Å². The van der Waals surface area contributed by atoms with E-state index >= 15 is 0 Å². The molecule has 0 aliphatic carbocycles. The molecule has 0 aliphatic rings. The maximum absolute atomic E-state index is 13.3. The number of aliphatic imine (C=N–C) groups is 1. The molecule has 0 atom stereocenters. The minimum Gasteiger partial charge on any atom is -0.477 e. The summed E-state index contributed by atoms with van der Waals surface area (Å²) < 4.78 is 46.3. The number of aliphatic hydroxyl groups is 1. The Hall–Kier alpha value is -3.01. The topological polar surface area (TPSA) is 89.1 Å². The van der Waals surface area contributed by atoms with E-state index in [1.54, 1.807) is 26.8 Å². The fraction of sp³-hybridized carbons (Fsp3) is 0.571. The summed E-state index contributed by atoms with van der Waals surface area (Å²) in [6.07, 6.45) is -3.49. The molecule has 0 saturated carbocycles. The first-order valence-corrected chi connectivity index (χ1v) is 12.8. The van der Waals surface area contributed by atoms with Gasteiger partial charge < -0.3 is 9.84 Å². The molecule has 0 fully saturated rings. The number of hydrogen-bond acceptors (Lipinski definition) is 6. The molecule has 10 heteroatoms. The summed E-state index contributed by atoms with van der Waals surface area (Å²) in [6, 6.07) is 5.65. The highest BCUT2D eigenvalue weighted by Gasteiger charge is 2.27. The maximum Gasteiger partial charge on any atom is 0.408 e. The van der Waals surface area contributed by atoms with Crippen LogP contribution in [0.5, 0.6) is 5.88 Å². The first kappa shape index (κ1) is 31.2. The van der Waals surface area contributed by atoms with E-state index in [1.165, 1.54) is 11.7 Å². The van der Waals surface area contributed by atoms with E-state index in [2.05, 4.69) is 15.1 Å². The molecule has 0 spiro atoms. The molecular formula is C28H39F3N4O3. The van der Waals surface area contributed by atoms with Gasteiger partial charge in [0, 0.05) is 43.2 Å². The zero-order valence-corrected chi connectivity index (χ0v) is 23.4. The van der Waals surface area contributed by atoms with Crippen molar-refractivity contribution in [2.24, 2.45) is 9.98 Å². The minimum absolute atomic E-state index is 0.0205. The van der Waals surface area contributed by atoms with Crippen molar-refractivity contribution in [3.8, 4) is 5.88 Å². The van der Waals surface area contributed by atoms with Gasteiger partial charge in [0.15, 0.2) is 11.3 Å². The molecule has 210 valence electrons. The van der Waals surface area contributed by atoms with Crippen molar-refractivity contribution in [2.75, 3.05) is 26.8 Å². The van der Waals surface area contributed by atoms with Gasteiger partial charge in [0.05, 0.1) is 6.61 Å². The molecule has 0 aliphatic heterocycles. The van der Waals surface area contributed by atoms with Crippen LogP contribution in [-0.4, -0.2) is 59.5 Å². The van der Waals surface area contributed by atoms with Gasteiger partial charge in [-0.1, -0.05) is 26.8 Å². The lowest BCUT2D eigenvalue weighted by Crippen LogP contribution is -2.34. The lowest BCUT2D eigenvalue weighted by Gasteiger charge is -2.21. The average Bonchev–Trinajstić information content (AvgIpc) is 2.84. The number of aryl methyl sites for hydroxylation is 1. The van der Waals surface area contributed by atoms with Crippen LogP contribution < -0.4 is 10.2 Å². The van der Waals surface area contributed by atoms with Crippen molar-refractivity contribution in [3.63, 3.8) is 0 Å². The molecule has 0 amide bonds. The molecule has 1 aromatic heterocycles. The van der Waals surface area contributed by atoms with Crippen molar-refractivity contribution in [3.05, 3.63) is 51.5 Å². The number of alkyl halides is 3. The second kappa shape index (κ2) is 13.2. The molecule has 0 bridgehead atoms. The summed E-state index contributed by atoms with van der Waals surface area (Å²) in [5, 5.41) is 13.7. The quantitative estimate of drug-likeness (QED) is 0.259. The van der Waals surface area contributed by atoms with E-state index in [4.69, 9.17) is 4.74 Å². The zero-order valence-electron chi connectivity index (χ0n) is 23.4. The SMILES string of the molecule is CCOc1nn(C(CCC(=O)c2cc(CCCO)cc(C(C)(C)C)c2)=NCC(F)(F)F)c(=NC)c(C)c1C. The van der Waals surface area contributed by atoms with Crippen LogP contribution in [0.25, 0.3) is 0 Å². The fourth-order valence-electron chi connectivity index (χ4n) is 3.93. The van der Waals surface area contributed by atoms with E-state index in [-0.39, 0.29) is 42.4 Å². The Morgan fingerprint density at radius 2 is 1.79 bits per heavy atom. The Bertz CT molecular complexity index is 1230. The van der Waals surface area contributed by atoms with Crippen LogP contribution in [0.2, 0.25) is 0 Å². The number of carbonyl (C=O) groups excluding carboxylic acids is 1. The Kier molecular flexibility index (Phi) is 10.8. The molecule has 0 radical (unpaired) electrons. The number of benzene rings is 1. The predicted molar refractivity (Wildman–Crippen MR) is 142 cm³/mol. The van der Waals surface area contributed by atoms with Crippen LogP contribution in [0, 0.1) is 13.8 Å². The highest BCUT2D eigenvalue weighted by Crippen LogP contribution is 2.26. The van der Waals surface area contributed by atoms with Crippen LogP contribution in [0.3, 0.4) is 0 Å². The molecule has 1 aromatic carbocycles. The largest absolute Gasteiger partial charge is 0.477 e. The summed E-state index contributed by atoms with van der Waals surface area (Å²) >= 11 is 0. The van der Waals surface area contributed by atoms with Gasteiger partial charge in [-0.05, 0) is 62.3 Å². The van der Waals surface area contributed by atoms with Gasteiger partial charge in [0.1, 0.15) is 12.4 Å². The van der Waals surface area contributed by atoms with Crippen LogP contribution >= 0.6 is 0 Å². The van der Waals surface area contributed by atoms with Crippen LogP contribution in [0.4, 0.5) is 13.2 Å². The van der Waals surface area contributed by atoms with Gasteiger partial charge >= 0.3 is 6.18 Å². The number of halogens is 3. The number of aromatic nitrogens is 2. The zero-order chi connectivity index (χ0) is 28.7. The first-order valence-electron chi connectivity index (χ1n) is 12.8. The van der Waals surface area contributed by atoms with Crippen LogP contribution in [-0.2, 0) is 11.8 Å². The van der Waals surface area contributed by atoms with Crippen molar-refractivity contribution in [2.45, 2.75) is 78.8 Å². The number of carbonyl (C=O) groups is 1. The number of hydrogen-bond donors (Lipinski definition) is 1. The Balaban J connectivity index is 2.51. The van der Waals surface area contributed by atoms with E-state index in [0.29, 0.717) is 36.1 Å². The molecule has 38 heavy (non-hydrogen) atoms. The van der Waals surface area contributed by atoms with Gasteiger partial charge in [0.25, 0.3) is 0 Å². The minimum atomic E-state index is -4.52. The summed E-state index contributed by atoms with van der Waals surface area (Å²) in [7, 11) is 1.53. The predicted octanol–water partition coefficient (Wildman–Crippen LogP) is 5.12. The normalized spacial score (nSPS) is 13.2. The molecular weight excluding hydrogens is 497 g/mol. The maximum atomic E-state index is 13.3. The third kappa shape index (κ3) is 8.51. The van der Waals surface area contributed by atoms with Crippen molar-refractivity contribution in [1.29, 1.82) is 0 Å². The highest BCUT2D eigenvalue weighted by atomic mass is 19.4. The molecule has 2 aromatic rings. The number of ketones is 1. The smallest absolute Gasteiger partial charge is 0.408 e. The van der Waals surface area contributed by atoms with Crippen LogP contribution in [0.1, 0.15) is 79.6 Å². The Labute approximate surface area is 222 Å². The number of nitrogens with zero attached hydrogens (tertiary/aromatic N) is 4. The molecule has 1 N–H and O–H groups in total. The Morgan fingerprint density at radius 1 is 1.11 bits per heavy atom. The third-order valence-electron chi connectivity index (χ3n) is 6.17. The van der Waals surface area contributed by atoms with Gasteiger partial charge in [-0.25, -0.2) is 0 Å². The van der Waals surface area contributed by atoms with Gasteiger partial charge in [-0.15, -0.1) is 5.10 Å². The number of rotatable bonds is 10. The van der Waals surface area contributed by atoms with Crippen LogP contribution in [0.15, 0.2) is 28.2 Å². The van der Waals surface area contributed by atoms with Gasteiger partial charge in [-0.3, -0.25) is 14.8 Å². The summed E-state index contributed by atoms with van der Waals surface area (Å²) in [5.41, 5.74) is 3.94. The van der Waals surface area contributed by atoms with Crippen molar-refractivity contribution in [1.82, 2.24) is 9.78 Å². The lowest BCUT2D eigenvalue weighted by atomic mass is 9.84. The molecule has 0 saturated heterocycles. The van der Waals surface area contributed by atoms with E-state index in [1.807, 2.05) is 32.9 Å². The second-order valence-electron chi connectivity index (χ2n) is 10.2. The highest BCUT2D eigenvalue weighted by molar-refractivity contribution is 5.99. The van der Waals surface area contributed by atoms with E-state index in [0.717, 1.165) is 16.7 Å². The lowest BCUT2D eigenvalue weighted by molar-refractivity contribution is -0.118. The number of ether oxygens (including phenoxy) is 1. The third-order valence-corrected chi connectivity index (χ3v) is 6.17. The van der Waals surface area contributed by atoms with Gasteiger partial charge in [-0.2, -0.15) is 17.9 Å². The van der Waals surface area contributed by atoms with Gasteiger partial charge in [0.2, 0.25) is 5.88 Å². The summed E-state index contributed by atoms with van der Waals surface area (Å²) in [6.45, 7) is 10.5. The van der Waals surface area contributed by atoms with Crippen molar-refractivity contribution >= 4 is 11.6 Å². The molecule has 0 unspecified atom stereocenters. The number of Topliss-reactive ketones (excluding diaryl/α,β-unsaturated/α-hetero) is 1. The monoisotopic (exact) mass is 536 g/mol. The van der Waals surface area contributed by atoms with E-state index < -0.39 is 12.7 Å². The summed E-state index contributed by atoms with van der Waals surface area (Å²) in [5.74, 6) is 0.0353. The standard InChI is InChI=1S/C28H39F3N4O3/c1-8-38-26-19(3)18(2)25(32-7)35(34-26)24(33-17-28(29,30)31)12-11-23(37)21-14-20(10-9-13-36)15-22(16-21)27(4,5)6/h14-16,36H,8-13,17H2,1-7H3. The molecule has 1 heterocycles. The fourth-order valence-corrected chi connectivity index (χ4v) is 3.93. The summed E-state index contributed by atoms with van der Waals surface area (Å²) in [4.78, 5) is 21.4. The average molecular weight is 537 g/mol. The first-order chi connectivity index (χ1) is 17.7. The molecule has 2 rings (SSSR count). The van der Waals surface area contributed by atoms with E-state index in [9.17, 15) is 23.1 Å². The second-order valence-corrected chi connectivity index (χ2v) is 10.2. The molecule has 7 nitrogen and oxygen atoms in total.